The molecule has 4 aliphatic carbocycles. The molecule has 0 aromatic carbocycles. The Hall–Kier alpha value is -0.300. The van der Waals surface area contributed by atoms with E-state index < -0.39 is 0 Å². The average molecular weight is 233 g/mol. The van der Waals surface area contributed by atoms with Crippen molar-refractivity contribution in [2.24, 2.45) is 27.9 Å². The van der Waals surface area contributed by atoms with E-state index in [0.717, 1.165) is 12.3 Å². The average Bonchev–Trinajstić information content (AvgIpc) is 2.11. The second-order valence-corrected chi connectivity index (χ2v) is 8.12. The zero-order valence-corrected chi connectivity index (χ0v) is 11.5. The monoisotopic (exact) mass is 233 g/mol. The molecule has 3 unspecified atom stereocenters. The largest absolute Gasteiger partial charge is 0.327 e. The predicted molar refractivity (Wildman–Crippen MR) is 72.6 cm³/mol. The van der Waals surface area contributed by atoms with E-state index in [1.54, 1.807) is 0 Å². The summed E-state index contributed by atoms with van der Waals surface area (Å²) < 4.78 is 0. The van der Waals surface area contributed by atoms with Crippen LogP contribution < -0.4 is 5.73 Å². The van der Waals surface area contributed by atoms with Gasteiger partial charge in [0.05, 0.1) is 0 Å². The predicted octanol–water partition coefficient (Wildman–Crippen LogP) is 3.89. The molecule has 4 aliphatic rings. The number of hydrogen-bond donors (Lipinski definition) is 1. The van der Waals surface area contributed by atoms with E-state index in [4.69, 9.17) is 5.73 Å². The second kappa shape index (κ2) is 3.38. The highest BCUT2D eigenvalue weighted by molar-refractivity contribution is 5.13. The lowest BCUT2D eigenvalue weighted by Gasteiger charge is -2.67. The van der Waals surface area contributed by atoms with Crippen LogP contribution in [0.1, 0.15) is 58.8 Å². The van der Waals surface area contributed by atoms with Crippen molar-refractivity contribution in [3.8, 4) is 0 Å². The molecule has 4 rings (SSSR count). The topological polar surface area (TPSA) is 26.0 Å². The highest BCUT2D eigenvalue weighted by Gasteiger charge is 2.61. The molecule has 4 bridgehead atoms. The Bertz CT molecular complexity index is 327. The number of nitrogens with two attached hydrogens (primary N) is 1. The van der Waals surface area contributed by atoms with Crippen LogP contribution in [0.2, 0.25) is 0 Å². The summed E-state index contributed by atoms with van der Waals surface area (Å²) in [6.07, 6.45) is 11.5. The quantitative estimate of drug-likeness (QED) is 0.735. The Labute approximate surface area is 106 Å². The van der Waals surface area contributed by atoms with Gasteiger partial charge in [-0.2, -0.15) is 0 Å². The highest BCUT2D eigenvalue weighted by atomic mass is 14.8. The molecule has 1 nitrogen and oxygen atoms in total. The van der Waals surface area contributed by atoms with Gasteiger partial charge >= 0.3 is 0 Å². The summed E-state index contributed by atoms with van der Waals surface area (Å²) in [7, 11) is 0. The van der Waals surface area contributed by atoms with Crippen LogP contribution in [0.3, 0.4) is 0 Å². The maximum absolute atomic E-state index is 6.53. The minimum Gasteiger partial charge on any atom is -0.327 e. The lowest BCUT2D eigenvalue weighted by atomic mass is 9.39. The summed E-state index contributed by atoms with van der Waals surface area (Å²) in [5.74, 6) is 0.956. The van der Waals surface area contributed by atoms with Gasteiger partial charge in [0.2, 0.25) is 0 Å². The van der Waals surface area contributed by atoms with E-state index in [-0.39, 0.29) is 0 Å². The van der Waals surface area contributed by atoms with E-state index in [1.165, 1.54) is 38.5 Å². The van der Waals surface area contributed by atoms with Crippen molar-refractivity contribution in [3.05, 3.63) is 12.7 Å². The fourth-order valence-electron chi connectivity index (χ4n) is 6.38. The molecule has 4 fully saturated rings. The highest BCUT2D eigenvalue weighted by Crippen LogP contribution is 2.70. The molecule has 1 heteroatoms. The molecule has 96 valence electrons. The second-order valence-electron chi connectivity index (χ2n) is 8.12. The van der Waals surface area contributed by atoms with Crippen molar-refractivity contribution in [3.63, 3.8) is 0 Å². The molecule has 0 aromatic rings. The Kier molecular flexibility index (Phi) is 2.34. The van der Waals surface area contributed by atoms with Crippen molar-refractivity contribution in [1.82, 2.24) is 0 Å². The molecule has 0 aromatic heterocycles. The van der Waals surface area contributed by atoms with E-state index in [9.17, 15) is 0 Å². The first-order valence-electron chi connectivity index (χ1n) is 7.25. The van der Waals surface area contributed by atoms with Gasteiger partial charge in [0.1, 0.15) is 0 Å². The third-order valence-corrected chi connectivity index (χ3v) is 5.88. The van der Waals surface area contributed by atoms with Crippen molar-refractivity contribution in [1.29, 1.82) is 0 Å². The fourth-order valence-corrected chi connectivity index (χ4v) is 6.38. The summed E-state index contributed by atoms with van der Waals surface area (Å²) in [4.78, 5) is 0. The van der Waals surface area contributed by atoms with Gasteiger partial charge in [0.25, 0.3) is 0 Å². The molecular formula is C16H27N. The first-order valence-corrected chi connectivity index (χ1v) is 7.25. The lowest BCUT2D eigenvalue weighted by molar-refractivity contribution is -0.153. The maximum atomic E-state index is 6.53. The fraction of sp³-hybridized carbons (Fsp3) is 0.875. The van der Waals surface area contributed by atoms with Crippen LogP contribution >= 0.6 is 0 Å². The van der Waals surface area contributed by atoms with Crippen molar-refractivity contribution in [2.45, 2.75) is 64.8 Å². The Morgan fingerprint density at radius 2 is 1.76 bits per heavy atom. The minimum absolute atomic E-state index is 0.349. The first kappa shape index (κ1) is 11.8. The third kappa shape index (κ3) is 1.69. The van der Waals surface area contributed by atoms with Crippen molar-refractivity contribution < 1.29 is 0 Å². The summed E-state index contributed by atoms with van der Waals surface area (Å²) in [6, 6.07) is 0.349. The van der Waals surface area contributed by atoms with Gasteiger partial charge in [-0.1, -0.05) is 19.9 Å². The molecular weight excluding hydrogens is 206 g/mol. The normalized spacial score (nSPS) is 53.7. The van der Waals surface area contributed by atoms with Gasteiger partial charge in [-0.3, -0.25) is 0 Å². The molecule has 17 heavy (non-hydrogen) atoms. The van der Waals surface area contributed by atoms with E-state index in [0.29, 0.717) is 22.3 Å². The molecule has 0 amide bonds. The van der Waals surface area contributed by atoms with Crippen LogP contribution in [0, 0.1) is 22.2 Å². The lowest BCUT2D eigenvalue weighted by Crippen LogP contribution is -2.60. The van der Waals surface area contributed by atoms with Gasteiger partial charge in [0.15, 0.2) is 0 Å². The van der Waals surface area contributed by atoms with Crippen LogP contribution in [-0.2, 0) is 0 Å². The van der Waals surface area contributed by atoms with Crippen LogP contribution in [0.15, 0.2) is 12.7 Å². The van der Waals surface area contributed by atoms with E-state index >= 15 is 0 Å². The molecule has 0 heterocycles. The SMILES string of the molecule is C=CCC(N)C12CC3CC(C)(CC(C)(C3)C1)C2. The van der Waals surface area contributed by atoms with Gasteiger partial charge in [-0.25, -0.2) is 0 Å². The third-order valence-electron chi connectivity index (χ3n) is 5.88. The van der Waals surface area contributed by atoms with Gasteiger partial charge in [-0.15, -0.1) is 6.58 Å². The summed E-state index contributed by atoms with van der Waals surface area (Å²) >= 11 is 0. The van der Waals surface area contributed by atoms with Crippen LogP contribution in [0.5, 0.6) is 0 Å². The number of hydrogen-bond acceptors (Lipinski definition) is 1. The zero-order chi connectivity index (χ0) is 12.3. The van der Waals surface area contributed by atoms with Crippen molar-refractivity contribution in [2.75, 3.05) is 0 Å². The Morgan fingerprint density at radius 3 is 2.24 bits per heavy atom. The summed E-state index contributed by atoms with van der Waals surface area (Å²) in [6.45, 7) is 8.92. The summed E-state index contributed by atoms with van der Waals surface area (Å²) in [5.41, 5.74) is 8.15. The van der Waals surface area contributed by atoms with Crippen LogP contribution in [0.25, 0.3) is 0 Å². The Balaban J connectivity index is 1.94. The standard InChI is InChI=1S/C16H27N/c1-4-5-13(17)16-8-12-6-14(2,10-16)9-15(3,7-12)11-16/h4,12-13H,1,5-11,17H2,2-3H3. The van der Waals surface area contributed by atoms with Crippen molar-refractivity contribution >= 4 is 0 Å². The molecule has 4 saturated carbocycles. The summed E-state index contributed by atoms with van der Waals surface area (Å²) in [5, 5.41) is 0. The molecule has 0 saturated heterocycles. The zero-order valence-electron chi connectivity index (χ0n) is 11.5. The molecule has 0 spiro atoms. The smallest absolute Gasteiger partial charge is 0.0131 e. The molecule has 2 N–H and O–H groups in total. The van der Waals surface area contributed by atoms with Gasteiger partial charge in [-0.05, 0) is 67.1 Å². The van der Waals surface area contributed by atoms with E-state index in [1.807, 2.05) is 6.08 Å². The van der Waals surface area contributed by atoms with Gasteiger partial charge < -0.3 is 5.73 Å². The molecule has 0 aliphatic heterocycles. The molecule has 0 radical (unpaired) electrons. The van der Waals surface area contributed by atoms with E-state index in [2.05, 4.69) is 20.4 Å². The van der Waals surface area contributed by atoms with Crippen LogP contribution in [-0.4, -0.2) is 6.04 Å². The minimum atomic E-state index is 0.349. The Morgan fingerprint density at radius 1 is 1.18 bits per heavy atom. The first-order chi connectivity index (χ1) is 7.89. The van der Waals surface area contributed by atoms with Gasteiger partial charge in [0, 0.05) is 6.04 Å². The van der Waals surface area contributed by atoms with Crippen LogP contribution in [0.4, 0.5) is 0 Å². The maximum Gasteiger partial charge on any atom is 0.0131 e. The molecule has 3 atom stereocenters. The number of rotatable bonds is 3.